The van der Waals surface area contributed by atoms with Crippen LogP contribution in [0.3, 0.4) is 0 Å². The van der Waals surface area contributed by atoms with Crippen molar-refractivity contribution in [2.75, 3.05) is 25.4 Å². The van der Waals surface area contributed by atoms with E-state index < -0.39 is 24.0 Å². The minimum absolute atomic E-state index is 0.0101. The van der Waals surface area contributed by atoms with Crippen LogP contribution < -0.4 is 21.7 Å². The molecule has 270 valence electrons. The van der Waals surface area contributed by atoms with E-state index in [-0.39, 0.29) is 49.4 Å². The zero-order chi connectivity index (χ0) is 35.5. The third-order valence-electron chi connectivity index (χ3n) is 9.80. The van der Waals surface area contributed by atoms with Gasteiger partial charge in [-0.1, -0.05) is 61.4 Å². The van der Waals surface area contributed by atoms with Crippen LogP contribution in [0, 0.1) is 0 Å². The first kappa shape index (κ1) is 37.2. The molecule has 3 aliphatic rings. The van der Waals surface area contributed by atoms with Crippen molar-refractivity contribution in [3.63, 3.8) is 0 Å². The number of amides is 5. The number of carboxylic acids is 1. The number of fused-ring (bicyclic) bond motifs is 4. The summed E-state index contributed by atoms with van der Waals surface area (Å²) in [6, 6.07) is 14.7. The van der Waals surface area contributed by atoms with Gasteiger partial charge in [0.05, 0.1) is 12.1 Å². The van der Waals surface area contributed by atoms with Gasteiger partial charge in [-0.2, -0.15) is 11.8 Å². The molecule has 2 aromatic carbocycles. The number of nitrogens with zero attached hydrogens (tertiary/aromatic N) is 1. The molecule has 2 heterocycles. The molecule has 5 amide bonds. The number of nitrogens with one attached hydrogen (secondary N) is 3. The number of unbranched alkanes of at least 4 members (excludes halogenated alkanes) is 4. The summed E-state index contributed by atoms with van der Waals surface area (Å²) in [7, 11) is 0. The van der Waals surface area contributed by atoms with E-state index in [2.05, 4.69) is 16.0 Å². The number of rotatable bonds is 19. The van der Waals surface area contributed by atoms with E-state index in [9.17, 15) is 29.1 Å². The summed E-state index contributed by atoms with van der Waals surface area (Å²) < 4.78 is 5.75. The number of hydrogen-bond donors (Lipinski definition) is 5. The molecule has 2 fully saturated rings. The molecule has 0 aromatic heterocycles. The van der Waals surface area contributed by atoms with Gasteiger partial charge in [-0.3, -0.25) is 9.59 Å². The standard InChI is InChI=1S/C37H49N5O7S/c38-20-10-1-2-19-33(44)42(37(48)49-22-28-26-14-5-3-12-24(26)25-13-4-6-15-27(25)28)30(35(45)46)16-9-11-21-39-32(43)18-8-7-17-31-34-29(23-50-31)40-36(47)41-34/h3-6,12-15,28-31,34H,1-2,7-11,16-23,38H2,(H,39,43)(H,45,46)(H2,40,41,47)/t29-,30-,31-,34-/m0/s1. The molecular formula is C37H49N5O7S. The molecule has 2 aromatic rings. The fourth-order valence-corrected chi connectivity index (χ4v) is 8.74. The van der Waals surface area contributed by atoms with E-state index in [0.717, 1.165) is 58.6 Å². The predicted octanol–water partition coefficient (Wildman–Crippen LogP) is 4.75. The second-order valence-electron chi connectivity index (χ2n) is 13.2. The average Bonchev–Trinajstić information content (AvgIpc) is 3.77. The smallest absolute Gasteiger partial charge is 0.417 e. The lowest BCUT2D eigenvalue weighted by Gasteiger charge is -2.27. The van der Waals surface area contributed by atoms with E-state index in [1.54, 1.807) is 0 Å². The number of imide groups is 1. The Hall–Kier alpha value is -4.10. The maximum Gasteiger partial charge on any atom is 0.417 e. The minimum Gasteiger partial charge on any atom is -0.480 e. The SMILES string of the molecule is NCCCCCC(=O)N(C(=O)OCC1c2ccccc2-c2ccccc21)[C@@H](CCCCNC(=O)CCCC[C@@H]1SC[C@@H]2NC(=O)N[C@@H]21)C(=O)O. The first-order chi connectivity index (χ1) is 24.3. The molecule has 6 N–H and O–H groups in total. The zero-order valence-electron chi connectivity index (χ0n) is 28.4. The van der Waals surface area contributed by atoms with Gasteiger partial charge in [0.2, 0.25) is 11.8 Å². The second-order valence-corrected chi connectivity index (χ2v) is 14.5. The molecule has 0 saturated carbocycles. The van der Waals surface area contributed by atoms with E-state index in [4.69, 9.17) is 10.5 Å². The molecule has 1 aliphatic carbocycles. The number of ether oxygens (including phenoxy) is 1. The van der Waals surface area contributed by atoms with Crippen LogP contribution in [0.1, 0.15) is 87.7 Å². The van der Waals surface area contributed by atoms with Gasteiger partial charge in [-0.25, -0.2) is 19.3 Å². The highest BCUT2D eigenvalue weighted by Gasteiger charge is 2.42. The van der Waals surface area contributed by atoms with Crippen molar-refractivity contribution in [2.24, 2.45) is 5.73 Å². The molecule has 12 nitrogen and oxygen atoms in total. The number of thioether (sulfide) groups is 1. The van der Waals surface area contributed by atoms with Crippen LogP contribution in [0.5, 0.6) is 0 Å². The van der Waals surface area contributed by atoms with Crippen LogP contribution in [0.15, 0.2) is 48.5 Å². The fraction of sp³-hybridized carbons (Fsp3) is 0.541. The maximum atomic E-state index is 13.6. The van der Waals surface area contributed by atoms with Gasteiger partial charge in [0.1, 0.15) is 12.6 Å². The highest BCUT2D eigenvalue weighted by Crippen LogP contribution is 2.44. The van der Waals surface area contributed by atoms with Gasteiger partial charge in [-0.05, 0) is 73.7 Å². The Kier molecular flexibility index (Phi) is 13.5. The summed E-state index contributed by atoms with van der Waals surface area (Å²) in [6.07, 6.45) is 4.81. The lowest BCUT2D eigenvalue weighted by Crippen LogP contribution is -2.49. The highest BCUT2D eigenvalue weighted by atomic mass is 32.2. The summed E-state index contributed by atoms with van der Waals surface area (Å²) in [6.45, 7) is 0.817. The van der Waals surface area contributed by atoms with Gasteiger partial charge >= 0.3 is 18.1 Å². The van der Waals surface area contributed by atoms with E-state index in [1.807, 2.05) is 60.3 Å². The summed E-state index contributed by atoms with van der Waals surface area (Å²) in [4.78, 5) is 64.3. The third-order valence-corrected chi connectivity index (χ3v) is 11.3. The van der Waals surface area contributed by atoms with Crippen LogP contribution in [-0.4, -0.2) is 88.7 Å². The van der Waals surface area contributed by atoms with E-state index in [1.165, 1.54) is 0 Å². The highest BCUT2D eigenvalue weighted by molar-refractivity contribution is 8.00. The lowest BCUT2D eigenvalue weighted by molar-refractivity contribution is -0.149. The summed E-state index contributed by atoms with van der Waals surface area (Å²) in [5.74, 6) is -1.26. The number of benzene rings is 2. The number of hydrogen-bond acceptors (Lipinski definition) is 8. The molecule has 50 heavy (non-hydrogen) atoms. The quantitative estimate of drug-likeness (QED) is 0.102. The normalized spacial score (nSPS) is 19.5. The third kappa shape index (κ3) is 9.36. The molecule has 0 radical (unpaired) electrons. The first-order valence-electron chi connectivity index (χ1n) is 17.8. The summed E-state index contributed by atoms with van der Waals surface area (Å²) in [5.41, 5.74) is 9.74. The average molecular weight is 708 g/mol. The monoisotopic (exact) mass is 707 g/mol. The van der Waals surface area contributed by atoms with E-state index in [0.29, 0.717) is 50.4 Å². The van der Waals surface area contributed by atoms with Gasteiger partial charge in [0, 0.05) is 36.3 Å². The molecule has 2 aliphatic heterocycles. The Morgan fingerprint density at radius 3 is 2.32 bits per heavy atom. The number of aliphatic carboxylic acids is 1. The Morgan fingerprint density at radius 1 is 0.920 bits per heavy atom. The van der Waals surface area contributed by atoms with Crippen molar-refractivity contribution in [3.8, 4) is 11.1 Å². The van der Waals surface area contributed by atoms with Crippen molar-refractivity contribution in [2.45, 2.75) is 99.9 Å². The second kappa shape index (κ2) is 18.2. The number of carbonyl (C=O) groups excluding carboxylic acids is 4. The van der Waals surface area contributed by atoms with Crippen molar-refractivity contribution in [1.29, 1.82) is 0 Å². The number of nitrogens with two attached hydrogens (primary N) is 1. The maximum absolute atomic E-state index is 13.6. The molecule has 0 unspecified atom stereocenters. The summed E-state index contributed by atoms with van der Waals surface area (Å²) >= 11 is 1.86. The Bertz CT molecular complexity index is 1480. The Morgan fingerprint density at radius 2 is 1.62 bits per heavy atom. The molecular weight excluding hydrogens is 659 g/mol. The fourth-order valence-electron chi connectivity index (χ4n) is 7.20. The van der Waals surface area contributed by atoms with Gasteiger partial charge in [-0.15, -0.1) is 0 Å². The van der Waals surface area contributed by atoms with Crippen LogP contribution in [0.4, 0.5) is 9.59 Å². The van der Waals surface area contributed by atoms with Crippen LogP contribution in [0.2, 0.25) is 0 Å². The number of urea groups is 1. The number of carbonyl (C=O) groups is 5. The van der Waals surface area contributed by atoms with E-state index >= 15 is 0 Å². The lowest BCUT2D eigenvalue weighted by atomic mass is 9.98. The molecule has 5 rings (SSSR count). The van der Waals surface area contributed by atoms with Crippen molar-refractivity contribution < 1.29 is 33.8 Å². The molecule has 0 spiro atoms. The molecule has 4 atom stereocenters. The Balaban J connectivity index is 1.10. The minimum atomic E-state index is -1.39. The van der Waals surface area contributed by atoms with Crippen molar-refractivity contribution >= 4 is 41.7 Å². The summed E-state index contributed by atoms with van der Waals surface area (Å²) in [5, 5.41) is 19.4. The predicted molar refractivity (Wildman–Crippen MR) is 192 cm³/mol. The van der Waals surface area contributed by atoms with Crippen LogP contribution >= 0.6 is 11.8 Å². The van der Waals surface area contributed by atoms with Crippen LogP contribution in [0.25, 0.3) is 11.1 Å². The molecule has 13 heteroatoms. The van der Waals surface area contributed by atoms with Crippen molar-refractivity contribution in [1.82, 2.24) is 20.9 Å². The number of carboxylic acid groups (broad SMARTS) is 1. The van der Waals surface area contributed by atoms with Gasteiger partial charge < -0.3 is 31.5 Å². The van der Waals surface area contributed by atoms with Gasteiger partial charge in [0.25, 0.3) is 0 Å². The topological polar surface area (TPSA) is 180 Å². The molecule has 0 bridgehead atoms. The first-order valence-corrected chi connectivity index (χ1v) is 18.9. The Labute approximate surface area is 297 Å². The van der Waals surface area contributed by atoms with Crippen LogP contribution in [-0.2, 0) is 19.1 Å². The van der Waals surface area contributed by atoms with Gasteiger partial charge in [0.15, 0.2) is 0 Å². The van der Waals surface area contributed by atoms with Crippen molar-refractivity contribution in [3.05, 3.63) is 59.7 Å². The molecule has 2 saturated heterocycles. The zero-order valence-corrected chi connectivity index (χ0v) is 29.3. The largest absolute Gasteiger partial charge is 0.480 e.